The Bertz CT molecular complexity index is 1110. The first-order valence-electron chi connectivity index (χ1n) is 9.77. The third-order valence-electron chi connectivity index (χ3n) is 5.42. The smallest absolute Gasteiger partial charge is 0.0991 e. The fraction of sp³-hybridized carbons (Fsp3) is 0.261. The summed E-state index contributed by atoms with van der Waals surface area (Å²) in [6.45, 7) is 2.09. The molecule has 1 aliphatic carbocycles. The molecular formula is C23H24N6. The van der Waals surface area contributed by atoms with Crippen LogP contribution in [0.25, 0.3) is 0 Å². The van der Waals surface area contributed by atoms with E-state index in [1.54, 1.807) is 10.9 Å². The van der Waals surface area contributed by atoms with E-state index in [-0.39, 0.29) is 6.04 Å². The molecule has 1 unspecified atom stereocenters. The Labute approximate surface area is 170 Å². The van der Waals surface area contributed by atoms with E-state index in [4.69, 9.17) is 5.41 Å². The summed E-state index contributed by atoms with van der Waals surface area (Å²) in [5.74, 6) is 0. The highest BCUT2D eigenvalue weighted by atomic mass is 15.3. The van der Waals surface area contributed by atoms with E-state index in [1.165, 1.54) is 22.9 Å². The maximum Gasteiger partial charge on any atom is 0.0991 e. The fourth-order valence-corrected chi connectivity index (χ4v) is 4.15. The molecular weight excluding hydrogens is 360 g/mol. The number of fused-ring (bicyclic) bond motifs is 1. The van der Waals surface area contributed by atoms with Gasteiger partial charge in [0.2, 0.25) is 0 Å². The van der Waals surface area contributed by atoms with Crippen LogP contribution in [0, 0.1) is 23.7 Å². The molecule has 1 atom stereocenters. The predicted octanol–water partition coefficient (Wildman–Crippen LogP) is 4.83. The van der Waals surface area contributed by atoms with Gasteiger partial charge < -0.3 is 16.0 Å². The maximum atomic E-state index is 9.27. The second-order valence-corrected chi connectivity index (χ2v) is 7.54. The minimum Gasteiger partial charge on any atom is -0.378 e. The molecule has 146 valence electrons. The molecule has 0 radical (unpaired) electrons. The zero-order chi connectivity index (χ0) is 20.4. The van der Waals surface area contributed by atoms with Crippen molar-refractivity contribution in [1.82, 2.24) is 9.78 Å². The van der Waals surface area contributed by atoms with Gasteiger partial charge in [-0.3, -0.25) is 4.68 Å². The van der Waals surface area contributed by atoms with Gasteiger partial charge in [0.1, 0.15) is 0 Å². The summed E-state index contributed by atoms with van der Waals surface area (Å²) < 4.78 is 1.74. The number of rotatable bonds is 5. The normalized spacial score (nSPS) is 15.3. The largest absolute Gasteiger partial charge is 0.378 e. The molecule has 1 aromatic heterocycles. The molecule has 6 nitrogen and oxygen atoms in total. The first-order valence-corrected chi connectivity index (χ1v) is 9.77. The summed E-state index contributed by atoms with van der Waals surface area (Å²) in [5, 5.41) is 28.2. The first kappa shape index (κ1) is 18.8. The second kappa shape index (κ2) is 7.80. The van der Waals surface area contributed by atoms with Gasteiger partial charge >= 0.3 is 0 Å². The van der Waals surface area contributed by atoms with E-state index >= 15 is 0 Å². The lowest BCUT2D eigenvalue weighted by Gasteiger charge is -2.29. The SMILES string of the molecule is Cc1cc(C#N)cc2c1C(Nc1ccc(C=N)c(Nc3cnn(C)c3)c1)CCC2. The number of benzene rings is 2. The van der Waals surface area contributed by atoms with Crippen molar-refractivity contribution in [1.29, 1.82) is 10.7 Å². The van der Waals surface area contributed by atoms with Crippen molar-refractivity contribution < 1.29 is 0 Å². The van der Waals surface area contributed by atoms with Crippen LogP contribution in [0.15, 0.2) is 42.7 Å². The number of anilines is 3. The number of nitrogens with zero attached hydrogens (tertiary/aromatic N) is 3. The molecule has 0 amide bonds. The number of nitrogens with one attached hydrogen (secondary N) is 3. The number of nitriles is 1. The Kier molecular flexibility index (Phi) is 5.05. The van der Waals surface area contributed by atoms with Crippen molar-refractivity contribution in [3.05, 3.63) is 70.5 Å². The Hall–Kier alpha value is -3.59. The number of aryl methyl sites for hydroxylation is 3. The molecule has 3 aromatic rings. The zero-order valence-corrected chi connectivity index (χ0v) is 16.7. The third-order valence-corrected chi connectivity index (χ3v) is 5.42. The van der Waals surface area contributed by atoms with Gasteiger partial charge in [-0.25, -0.2) is 0 Å². The molecule has 1 heterocycles. The van der Waals surface area contributed by atoms with Crippen molar-refractivity contribution in [3.8, 4) is 6.07 Å². The number of aromatic nitrogens is 2. The topological polar surface area (TPSA) is 89.5 Å². The van der Waals surface area contributed by atoms with Crippen molar-refractivity contribution in [2.75, 3.05) is 10.6 Å². The van der Waals surface area contributed by atoms with E-state index in [0.717, 1.165) is 47.5 Å². The van der Waals surface area contributed by atoms with Crippen LogP contribution in [-0.2, 0) is 13.5 Å². The van der Waals surface area contributed by atoms with E-state index in [1.807, 2.05) is 43.6 Å². The highest BCUT2D eigenvalue weighted by molar-refractivity contribution is 5.88. The van der Waals surface area contributed by atoms with Crippen LogP contribution >= 0.6 is 0 Å². The van der Waals surface area contributed by atoms with Crippen molar-refractivity contribution >= 4 is 23.3 Å². The number of hydrogen-bond acceptors (Lipinski definition) is 5. The molecule has 1 aliphatic rings. The lowest BCUT2D eigenvalue weighted by molar-refractivity contribution is 0.597. The Morgan fingerprint density at radius 3 is 2.86 bits per heavy atom. The van der Waals surface area contributed by atoms with Crippen molar-refractivity contribution in [2.45, 2.75) is 32.2 Å². The van der Waals surface area contributed by atoms with Crippen LogP contribution in [0.1, 0.15) is 46.7 Å². The van der Waals surface area contributed by atoms with Crippen LogP contribution in [0.5, 0.6) is 0 Å². The fourth-order valence-electron chi connectivity index (χ4n) is 4.15. The summed E-state index contributed by atoms with van der Waals surface area (Å²) in [6, 6.07) is 12.5. The Morgan fingerprint density at radius 2 is 2.14 bits per heavy atom. The van der Waals surface area contributed by atoms with Crippen LogP contribution in [0.4, 0.5) is 17.1 Å². The molecule has 0 aliphatic heterocycles. The molecule has 0 saturated carbocycles. The van der Waals surface area contributed by atoms with Crippen LogP contribution in [0.3, 0.4) is 0 Å². The highest BCUT2D eigenvalue weighted by Gasteiger charge is 2.23. The van der Waals surface area contributed by atoms with Gasteiger partial charge in [0.15, 0.2) is 0 Å². The molecule has 0 spiro atoms. The van der Waals surface area contributed by atoms with Crippen molar-refractivity contribution in [2.24, 2.45) is 7.05 Å². The summed E-state index contributed by atoms with van der Waals surface area (Å²) >= 11 is 0. The molecule has 6 heteroatoms. The van der Waals surface area contributed by atoms with Crippen molar-refractivity contribution in [3.63, 3.8) is 0 Å². The van der Waals surface area contributed by atoms with E-state index in [0.29, 0.717) is 0 Å². The van der Waals surface area contributed by atoms with Gasteiger partial charge in [0.05, 0.1) is 29.6 Å². The minimum atomic E-state index is 0.212. The molecule has 0 saturated heterocycles. The summed E-state index contributed by atoms with van der Waals surface area (Å²) in [7, 11) is 1.88. The summed E-state index contributed by atoms with van der Waals surface area (Å²) in [6.07, 6.45) is 8.19. The average Bonchev–Trinajstić information content (AvgIpc) is 3.12. The Balaban J connectivity index is 1.63. The van der Waals surface area contributed by atoms with E-state index in [9.17, 15) is 5.26 Å². The summed E-state index contributed by atoms with van der Waals surface area (Å²) in [4.78, 5) is 0. The maximum absolute atomic E-state index is 9.27. The van der Waals surface area contributed by atoms with Gasteiger partial charge in [0, 0.05) is 36.4 Å². The van der Waals surface area contributed by atoms with Gasteiger partial charge in [0.25, 0.3) is 0 Å². The monoisotopic (exact) mass is 384 g/mol. The van der Waals surface area contributed by atoms with Crippen LogP contribution in [0.2, 0.25) is 0 Å². The Morgan fingerprint density at radius 1 is 1.28 bits per heavy atom. The minimum absolute atomic E-state index is 0.212. The molecule has 0 bridgehead atoms. The average molecular weight is 384 g/mol. The van der Waals surface area contributed by atoms with E-state index in [2.05, 4.69) is 28.7 Å². The van der Waals surface area contributed by atoms with E-state index < -0.39 is 0 Å². The van der Waals surface area contributed by atoms with Crippen LogP contribution in [-0.4, -0.2) is 16.0 Å². The molecule has 3 N–H and O–H groups in total. The lowest BCUT2D eigenvalue weighted by atomic mass is 9.83. The van der Waals surface area contributed by atoms with Gasteiger partial charge in [-0.2, -0.15) is 10.4 Å². The highest BCUT2D eigenvalue weighted by Crippen LogP contribution is 2.36. The van der Waals surface area contributed by atoms with Gasteiger partial charge in [-0.15, -0.1) is 0 Å². The first-order chi connectivity index (χ1) is 14.1. The zero-order valence-electron chi connectivity index (χ0n) is 16.7. The molecule has 29 heavy (non-hydrogen) atoms. The quantitative estimate of drug-likeness (QED) is 0.550. The molecule has 4 rings (SSSR count). The predicted molar refractivity (Wildman–Crippen MR) is 116 cm³/mol. The summed E-state index contributed by atoms with van der Waals surface area (Å²) in [5.41, 5.74) is 8.06. The molecule has 0 fully saturated rings. The van der Waals surface area contributed by atoms with Gasteiger partial charge in [-0.05, 0) is 73.2 Å². The van der Waals surface area contributed by atoms with Gasteiger partial charge in [-0.1, -0.05) is 0 Å². The molecule has 2 aromatic carbocycles. The van der Waals surface area contributed by atoms with Crippen LogP contribution < -0.4 is 10.6 Å². The third kappa shape index (κ3) is 3.85. The number of hydrogen-bond donors (Lipinski definition) is 3. The lowest BCUT2D eigenvalue weighted by Crippen LogP contribution is -2.19. The standard InChI is InChI=1S/C23H24N6/c1-15-8-16(11-24)9-17-4-3-5-21(23(15)17)27-19-7-6-18(12-25)22(10-19)28-20-13-26-29(2)14-20/h6-10,12-14,21,25,27-28H,3-5H2,1-2H3. The second-order valence-electron chi connectivity index (χ2n) is 7.54.